The van der Waals surface area contributed by atoms with Crippen LogP contribution in [0.5, 0.6) is 0 Å². The van der Waals surface area contributed by atoms with Gasteiger partial charge in [0, 0.05) is 37.7 Å². The highest BCUT2D eigenvalue weighted by atomic mass is 79.9. The number of likely N-dealkylation sites (N-methyl/N-ethyl adjacent to an activating group) is 1. The second-order valence-corrected chi connectivity index (χ2v) is 12.6. The third kappa shape index (κ3) is 5.71. The van der Waals surface area contributed by atoms with Crippen LogP contribution in [0.2, 0.25) is 5.02 Å². The Balaban J connectivity index is 1.88. The number of nitrogens with zero attached hydrogens (tertiary/aromatic N) is 4. The largest absolute Gasteiger partial charge is 0.416 e. The number of rotatable bonds is 6. The summed E-state index contributed by atoms with van der Waals surface area (Å²) in [6.45, 7) is 3.53. The Labute approximate surface area is 230 Å². The molecule has 0 unspecified atom stereocenters. The number of hydrogen-bond donors (Lipinski definition) is 0. The van der Waals surface area contributed by atoms with Crippen LogP contribution >= 0.6 is 27.7 Å². The molecule has 14 heteroatoms. The van der Waals surface area contributed by atoms with Gasteiger partial charge in [-0.2, -0.15) is 13.2 Å². The smallest absolute Gasteiger partial charge is 0.304 e. The average molecular weight is 638 g/mol. The Morgan fingerprint density at radius 1 is 1.00 bits per heavy atom. The van der Waals surface area contributed by atoms with Gasteiger partial charge in [0.05, 0.1) is 49.8 Å². The highest BCUT2D eigenvalue weighted by Gasteiger charge is 2.35. The van der Waals surface area contributed by atoms with Gasteiger partial charge in [-0.25, -0.2) is 16.8 Å². The number of benzene rings is 2. The monoisotopic (exact) mass is 636 g/mol. The molecule has 4 rings (SSSR count). The van der Waals surface area contributed by atoms with E-state index in [9.17, 15) is 31.2 Å². The van der Waals surface area contributed by atoms with Gasteiger partial charge in [-0.15, -0.1) is 0 Å². The van der Waals surface area contributed by atoms with Crippen molar-refractivity contribution in [2.45, 2.75) is 31.1 Å². The molecule has 0 amide bonds. The van der Waals surface area contributed by atoms with Crippen molar-refractivity contribution >= 4 is 48.5 Å². The molecule has 38 heavy (non-hydrogen) atoms. The fraction of sp³-hybridized carbons (Fsp3) is 0.417. The predicted molar refractivity (Wildman–Crippen MR) is 143 cm³/mol. The first-order valence-electron chi connectivity index (χ1n) is 11.7. The van der Waals surface area contributed by atoms with Gasteiger partial charge in [-0.3, -0.25) is 14.3 Å². The highest BCUT2D eigenvalue weighted by molar-refractivity contribution is 9.08. The maximum absolute atomic E-state index is 14.1. The molecule has 2 heterocycles. The second-order valence-electron chi connectivity index (χ2n) is 9.21. The topological polar surface area (TPSA) is 84.6 Å². The maximum Gasteiger partial charge on any atom is 0.416 e. The summed E-state index contributed by atoms with van der Waals surface area (Å²) in [6, 6.07) is 5.95. The molecule has 2 aromatic carbocycles. The third-order valence-electron chi connectivity index (χ3n) is 6.67. The van der Waals surface area contributed by atoms with Crippen molar-refractivity contribution in [3.63, 3.8) is 0 Å². The van der Waals surface area contributed by atoms with Gasteiger partial charge in [0.25, 0.3) is 5.56 Å². The molecular formula is C24H25BrClF3N4O4S. The predicted octanol–water partition coefficient (Wildman–Crippen LogP) is 3.58. The van der Waals surface area contributed by atoms with Crippen molar-refractivity contribution in [1.29, 1.82) is 0 Å². The zero-order chi connectivity index (χ0) is 28.0. The molecule has 1 saturated heterocycles. The lowest BCUT2D eigenvalue weighted by Crippen LogP contribution is -2.44. The van der Waals surface area contributed by atoms with Gasteiger partial charge >= 0.3 is 11.9 Å². The fourth-order valence-corrected chi connectivity index (χ4v) is 6.28. The Kier molecular flexibility index (Phi) is 8.16. The summed E-state index contributed by atoms with van der Waals surface area (Å²) in [6.07, 6.45) is -4.74. The summed E-state index contributed by atoms with van der Waals surface area (Å²) >= 11 is 9.16. The minimum absolute atomic E-state index is 0.00362. The summed E-state index contributed by atoms with van der Waals surface area (Å²) < 4.78 is 69.2. The molecule has 8 nitrogen and oxygen atoms in total. The zero-order valence-electron chi connectivity index (χ0n) is 20.6. The fourth-order valence-electron chi connectivity index (χ4n) is 4.49. The van der Waals surface area contributed by atoms with Crippen molar-refractivity contribution < 1.29 is 21.6 Å². The van der Waals surface area contributed by atoms with Gasteiger partial charge < -0.3 is 4.90 Å². The van der Waals surface area contributed by atoms with E-state index >= 15 is 0 Å². The van der Waals surface area contributed by atoms with Crippen molar-refractivity contribution in [2.24, 2.45) is 0 Å². The SMILES string of the molecule is CCS(=O)(=O)c1ccc(Cl)cc1Cn1c(=O)c2cc(C(F)(F)F)c(CN3CCN(C)CC3)cc2n(Br)c1=O. The summed E-state index contributed by atoms with van der Waals surface area (Å²) in [5, 5.41) is -0.159. The molecule has 0 atom stereocenters. The molecule has 0 aliphatic carbocycles. The van der Waals surface area contributed by atoms with Crippen LogP contribution in [0.4, 0.5) is 13.2 Å². The maximum atomic E-state index is 14.1. The lowest BCUT2D eigenvalue weighted by molar-refractivity contribution is -0.138. The molecule has 3 aromatic rings. The minimum atomic E-state index is -4.74. The lowest BCUT2D eigenvalue weighted by atomic mass is 10.0. The number of fused-ring (bicyclic) bond motifs is 1. The molecule has 206 valence electrons. The summed E-state index contributed by atoms with van der Waals surface area (Å²) in [7, 11) is -1.81. The first-order chi connectivity index (χ1) is 17.7. The molecule has 1 aromatic heterocycles. The van der Waals surface area contributed by atoms with E-state index in [4.69, 9.17) is 11.6 Å². The number of halogens is 5. The van der Waals surface area contributed by atoms with Gasteiger partial charge in [0.1, 0.15) is 0 Å². The Morgan fingerprint density at radius 2 is 1.66 bits per heavy atom. The second kappa shape index (κ2) is 10.8. The Hall–Kier alpha value is -2.19. The number of sulfone groups is 1. The van der Waals surface area contributed by atoms with Gasteiger partial charge in [0.15, 0.2) is 9.84 Å². The van der Waals surface area contributed by atoms with Crippen LogP contribution in [-0.2, 0) is 29.1 Å². The van der Waals surface area contributed by atoms with Crippen molar-refractivity contribution in [3.8, 4) is 0 Å². The van der Waals surface area contributed by atoms with Crippen molar-refractivity contribution in [2.75, 3.05) is 39.0 Å². The van der Waals surface area contributed by atoms with Crippen LogP contribution < -0.4 is 11.2 Å². The van der Waals surface area contributed by atoms with E-state index in [1.807, 2.05) is 11.9 Å². The van der Waals surface area contributed by atoms with Crippen LogP contribution in [-0.4, -0.2) is 65.4 Å². The van der Waals surface area contributed by atoms with E-state index in [2.05, 4.69) is 21.0 Å². The summed E-state index contributed by atoms with van der Waals surface area (Å²) in [5.41, 5.74) is -2.79. The van der Waals surface area contributed by atoms with Gasteiger partial charge in [0.2, 0.25) is 0 Å². The summed E-state index contributed by atoms with van der Waals surface area (Å²) in [4.78, 5) is 30.5. The molecule has 0 radical (unpaired) electrons. The first-order valence-corrected chi connectivity index (χ1v) is 14.4. The number of hydrogen-bond acceptors (Lipinski definition) is 6. The molecule has 0 N–H and O–H groups in total. The van der Waals surface area contributed by atoms with Gasteiger partial charge in [-0.1, -0.05) is 18.5 Å². The third-order valence-corrected chi connectivity index (χ3v) is 9.42. The minimum Gasteiger partial charge on any atom is -0.304 e. The van der Waals surface area contributed by atoms with Crippen LogP contribution in [0, 0.1) is 0 Å². The molecule has 0 saturated carbocycles. The molecule has 0 spiro atoms. The van der Waals surface area contributed by atoms with E-state index in [1.165, 1.54) is 31.2 Å². The average Bonchev–Trinajstić information content (AvgIpc) is 2.85. The quantitative estimate of drug-likeness (QED) is 0.411. The molecule has 1 aliphatic heterocycles. The van der Waals surface area contributed by atoms with Crippen LogP contribution in [0.15, 0.2) is 44.8 Å². The van der Waals surface area contributed by atoms with E-state index in [-0.39, 0.29) is 44.2 Å². The normalized spacial score (nSPS) is 15.9. The van der Waals surface area contributed by atoms with E-state index < -0.39 is 39.4 Å². The Morgan fingerprint density at radius 3 is 2.26 bits per heavy atom. The van der Waals surface area contributed by atoms with Crippen molar-refractivity contribution in [1.82, 2.24) is 18.0 Å². The highest BCUT2D eigenvalue weighted by Crippen LogP contribution is 2.35. The van der Waals surface area contributed by atoms with Crippen molar-refractivity contribution in [3.05, 3.63) is 72.9 Å². The van der Waals surface area contributed by atoms with Crippen LogP contribution in [0.25, 0.3) is 10.9 Å². The zero-order valence-corrected chi connectivity index (χ0v) is 23.7. The van der Waals surface area contributed by atoms with E-state index in [1.54, 1.807) is 0 Å². The first kappa shape index (κ1) is 28.8. The molecule has 1 fully saturated rings. The molecule has 1 aliphatic rings. The van der Waals surface area contributed by atoms with E-state index in [0.29, 0.717) is 30.7 Å². The molecule has 0 bridgehead atoms. The molecular weight excluding hydrogens is 613 g/mol. The van der Waals surface area contributed by atoms with Gasteiger partial charge in [-0.05, 0) is 48.5 Å². The summed E-state index contributed by atoms with van der Waals surface area (Å²) in [5.74, 6) is -0.234. The van der Waals surface area contributed by atoms with E-state index in [0.717, 1.165) is 9.66 Å². The number of alkyl halides is 3. The number of piperazine rings is 1. The van der Waals surface area contributed by atoms with Crippen LogP contribution in [0.1, 0.15) is 23.6 Å². The lowest BCUT2D eigenvalue weighted by Gasteiger charge is -2.33. The standard InChI is InChI=1S/C24H25BrClF3N4O4S/c1-3-38(36,37)21-5-4-17(26)10-16(21)14-32-22(34)18-12-19(24(27,28)29)15(11-20(18)33(25)23(32)35)13-31-8-6-30(2)7-9-31/h4-5,10-12H,3,6-9,13-14H2,1-2H3. The van der Waals surface area contributed by atoms with Crippen LogP contribution in [0.3, 0.4) is 0 Å². The Bertz CT molecular complexity index is 1610. The number of aromatic nitrogens is 2.